The van der Waals surface area contributed by atoms with Gasteiger partial charge in [0, 0.05) is 37.0 Å². The molecule has 0 aliphatic heterocycles. The minimum atomic E-state index is -0.585. The van der Waals surface area contributed by atoms with Crippen molar-refractivity contribution >= 4 is 23.6 Å². The van der Waals surface area contributed by atoms with Gasteiger partial charge in [0.15, 0.2) is 5.69 Å². The quantitative estimate of drug-likeness (QED) is 0.316. The van der Waals surface area contributed by atoms with Crippen molar-refractivity contribution in [1.82, 2.24) is 35.6 Å². The summed E-state index contributed by atoms with van der Waals surface area (Å²) in [5, 5.41) is 29.4. The second-order valence-electron chi connectivity index (χ2n) is 7.12. The van der Waals surface area contributed by atoms with E-state index in [1.807, 2.05) is 38.9 Å². The predicted octanol–water partition coefficient (Wildman–Crippen LogP) is 0.610. The molecule has 3 rings (SSSR count). The monoisotopic (exact) mass is 442 g/mol. The molecule has 0 unspecified atom stereocenters. The zero-order valence-corrected chi connectivity index (χ0v) is 18.3. The molecule has 1 amide bonds. The Labute approximate surface area is 184 Å². The van der Waals surface area contributed by atoms with Crippen LogP contribution in [0, 0.1) is 0 Å². The highest BCUT2D eigenvalue weighted by atomic mass is 16.6. The Bertz CT molecular complexity index is 1100. The summed E-state index contributed by atoms with van der Waals surface area (Å²) in [5.74, 6) is -0.377. The molecule has 2 heterocycles. The van der Waals surface area contributed by atoms with E-state index in [1.165, 1.54) is 10.9 Å². The number of hydrogen-bond acceptors (Lipinski definition) is 11. The lowest BCUT2D eigenvalue weighted by molar-refractivity contribution is 0.0948. The largest absolute Gasteiger partial charge is 0.507 e. The number of hydrazone groups is 1. The SMILES string of the molecule is CCN(CC)c1ccc(/C=N\NC(=O)c2nnn(-c3nonc3N)c2CN(C)C)c(O)c1. The van der Waals surface area contributed by atoms with Crippen LogP contribution in [0.15, 0.2) is 27.9 Å². The second-order valence-corrected chi connectivity index (χ2v) is 7.12. The number of amides is 1. The van der Waals surface area contributed by atoms with E-state index in [-0.39, 0.29) is 23.1 Å². The van der Waals surface area contributed by atoms with Crippen LogP contribution >= 0.6 is 0 Å². The van der Waals surface area contributed by atoms with E-state index < -0.39 is 5.91 Å². The number of hydrogen-bond donors (Lipinski definition) is 3. The van der Waals surface area contributed by atoms with Crippen molar-refractivity contribution in [3.8, 4) is 11.6 Å². The molecule has 32 heavy (non-hydrogen) atoms. The van der Waals surface area contributed by atoms with Crippen molar-refractivity contribution in [2.45, 2.75) is 20.4 Å². The number of phenolic OH excluding ortho intramolecular Hbond substituents is 1. The Kier molecular flexibility index (Phi) is 7.00. The Morgan fingerprint density at radius 1 is 1.31 bits per heavy atom. The van der Waals surface area contributed by atoms with E-state index >= 15 is 0 Å². The molecule has 0 aliphatic carbocycles. The first kappa shape index (κ1) is 22.7. The number of nitrogens with zero attached hydrogens (tertiary/aromatic N) is 8. The van der Waals surface area contributed by atoms with Gasteiger partial charge in [0.25, 0.3) is 5.91 Å². The average Bonchev–Trinajstić information content (AvgIpc) is 3.35. The van der Waals surface area contributed by atoms with Crippen molar-refractivity contribution in [2.24, 2.45) is 5.10 Å². The fourth-order valence-corrected chi connectivity index (χ4v) is 3.07. The molecular weight excluding hydrogens is 416 g/mol. The van der Waals surface area contributed by atoms with Gasteiger partial charge in [0.1, 0.15) is 5.75 Å². The maximum absolute atomic E-state index is 12.7. The van der Waals surface area contributed by atoms with Gasteiger partial charge in [-0.05, 0) is 50.4 Å². The minimum absolute atomic E-state index is 0.0171. The summed E-state index contributed by atoms with van der Waals surface area (Å²) >= 11 is 0. The number of nitrogens with one attached hydrogen (secondary N) is 1. The minimum Gasteiger partial charge on any atom is -0.507 e. The zero-order valence-electron chi connectivity index (χ0n) is 18.3. The molecule has 13 heteroatoms. The lowest BCUT2D eigenvalue weighted by Crippen LogP contribution is -2.23. The first-order chi connectivity index (χ1) is 15.3. The molecule has 2 aromatic heterocycles. The van der Waals surface area contributed by atoms with Crippen molar-refractivity contribution in [1.29, 1.82) is 0 Å². The molecular formula is C19H26N10O3. The van der Waals surface area contributed by atoms with Gasteiger partial charge in [0.05, 0.1) is 11.9 Å². The third kappa shape index (κ3) is 4.83. The van der Waals surface area contributed by atoms with Crippen LogP contribution in [0.4, 0.5) is 11.5 Å². The normalized spacial score (nSPS) is 11.4. The highest BCUT2D eigenvalue weighted by Gasteiger charge is 2.24. The molecule has 0 atom stereocenters. The molecule has 170 valence electrons. The first-order valence-electron chi connectivity index (χ1n) is 9.94. The Hall–Kier alpha value is -4.00. The van der Waals surface area contributed by atoms with Gasteiger partial charge in [-0.25, -0.2) is 10.1 Å². The molecule has 0 radical (unpaired) electrons. The number of anilines is 2. The fraction of sp³-hybridized carbons (Fsp3) is 0.368. The Morgan fingerprint density at radius 3 is 2.66 bits per heavy atom. The molecule has 13 nitrogen and oxygen atoms in total. The van der Waals surface area contributed by atoms with Crippen LogP contribution in [-0.2, 0) is 6.54 Å². The smallest absolute Gasteiger partial charge is 0.293 e. The molecule has 0 bridgehead atoms. The Balaban J connectivity index is 1.78. The van der Waals surface area contributed by atoms with E-state index in [1.54, 1.807) is 12.1 Å². The number of aromatic hydroxyl groups is 1. The third-order valence-corrected chi connectivity index (χ3v) is 4.65. The predicted molar refractivity (Wildman–Crippen MR) is 118 cm³/mol. The second kappa shape index (κ2) is 9.87. The summed E-state index contributed by atoms with van der Waals surface area (Å²) in [6.07, 6.45) is 1.36. The van der Waals surface area contributed by atoms with Crippen molar-refractivity contribution < 1.29 is 14.5 Å². The van der Waals surface area contributed by atoms with Gasteiger partial charge < -0.3 is 20.6 Å². The number of aromatic nitrogens is 5. The lowest BCUT2D eigenvalue weighted by Gasteiger charge is -2.21. The molecule has 1 aromatic carbocycles. The van der Waals surface area contributed by atoms with Crippen molar-refractivity contribution in [3.05, 3.63) is 35.2 Å². The summed E-state index contributed by atoms with van der Waals surface area (Å²) in [4.78, 5) is 16.6. The van der Waals surface area contributed by atoms with Gasteiger partial charge in [-0.3, -0.25) is 4.79 Å². The first-order valence-corrected chi connectivity index (χ1v) is 9.94. The van der Waals surface area contributed by atoms with Crippen molar-refractivity contribution in [2.75, 3.05) is 37.8 Å². The van der Waals surface area contributed by atoms with Crippen LogP contribution in [0.2, 0.25) is 0 Å². The molecule has 0 saturated carbocycles. The van der Waals surface area contributed by atoms with E-state index in [4.69, 9.17) is 5.73 Å². The van der Waals surface area contributed by atoms with Crippen molar-refractivity contribution in [3.63, 3.8) is 0 Å². The summed E-state index contributed by atoms with van der Waals surface area (Å²) in [5.41, 5.74) is 9.98. The van der Waals surface area contributed by atoms with E-state index in [9.17, 15) is 9.90 Å². The van der Waals surface area contributed by atoms with E-state index in [2.05, 4.69) is 40.7 Å². The number of benzene rings is 1. The molecule has 4 N–H and O–H groups in total. The van der Waals surface area contributed by atoms with Crippen LogP contribution in [-0.4, -0.2) is 74.6 Å². The van der Waals surface area contributed by atoms with Gasteiger partial charge in [-0.1, -0.05) is 5.21 Å². The zero-order chi connectivity index (χ0) is 23.3. The highest BCUT2D eigenvalue weighted by molar-refractivity contribution is 5.94. The number of rotatable bonds is 9. The fourth-order valence-electron chi connectivity index (χ4n) is 3.07. The summed E-state index contributed by atoms with van der Waals surface area (Å²) in [6, 6.07) is 5.27. The maximum atomic E-state index is 12.7. The van der Waals surface area contributed by atoms with Gasteiger partial charge in [-0.15, -0.1) is 5.10 Å². The number of carbonyl (C=O) groups is 1. The van der Waals surface area contributed by atoms with Crippen LogP contribution in [0.1, 0.15) is 35.6 Å². The summed E-state index contributed by atoms with van der Waals surface area (Å²) < 4.78 is 5.91. The van der Waals surface area contributed by atoms with E-state index in [0.29, 0.717) is 17.8 Å². The number of nitrogen functional groups attached to an aromatic ring is 1. The third-order valence-electron chi connectivity index (χ3n) is 4.65. The maximum Gasteiger partial charge on any atom is 0.293 e. The van der Waals surface area contributed by atoms with Gasteiger partial charge in [0.2, 0.25) is 11.6 Å². The van der Waals surface area contributed by atoms with Gasteiger partial charge >= 0.3 is 0 Å². The summed E-state index contributed by atoms with van der Waals surface area (Å²) in [7, 11) is 3.65. The van der Waals surface area contributed by atoms with Crippen LogP contribution < -0.4 is 16.1 Å². The van der Waals surface area contributed by atoms with Crippen LogP contribution in [0.25, 0.3) is 5.82 Å². The molecule has 0 aliphatic rings. The molecule has 0 fully saturated rings. The van der Waals surface area contributed by atoms with Gasteiger partial charge in [-0.2, -0.15) is 9.78 Å². The molecule has 0 spiro atoms. The highest BCUT2D eigenvalue weighted by Crippen LogP contribution is 2.23. The lowest BCUT2D eigenvalue weighted by atomic mass is 10.2. The summed E-state index contributed by atoms with van der Waals surface area (Å²) in [6.45, 7) is 6.05. The van der Waals surface area contributed by atoms with Crippen LogP contribution in [0.3, 0.4) is 0 Å². The molecule has 3 aromatic rings. The average molecular weight is 442 g/mol. The van der Waals surface area contributed by atoms with Crippen LogP contribution in [0.5, 0.6) is 5.75 Å². The van der Waals surface area contributed by atoms with E-state index in [0.717, 1.165) is 18.8 Å². The molecule has 0 saturated heterocycles. The number of carbonyl (C=O) groups excluding carboxylic acids is 1. The standard InChI is InChI=1S/C19H26N10O3/c1-5-28(6-2)13-8-7-12(15(30)9-13)10-21-23-19(31)16-14(11-27(3)4)29(26-22-16)18-17(20)24-32-25-18/h7-10,30H,5-6,11H2,1-4H3,(H2,20,24)(H,23,31)/b21-10-. The number of nitrogens with two attached hydrogens (primary N) is 1. The Morgan fingerprint density at radius 2 is 2.06 bits per heavy atom. The number of phenols is 1. The topological polar surface area (TPSA) is 164 Å².